The lowest BCUT2D eigenvalue weighted by molar-refractivity contribution is -0.136. The van der Waals surface area contributed by atoms with E-state index in [0.717, 1.165) is 48.1 Å². The summed E-state index contributed by atoms with van der Waals surface area (Å²) in [5.41, 5.74) is 4.15. The summed E-state index contributed by atoms with van der Waals surface area (Å²) < 4.78 is 9.46. The monoisotopic (exact) mass is 724 g/mol. The molecular formula is C39H48N8O6. The standard InChI is InChI=1S/C39H48N8O6/c1-23(2)32(44-38(50)52-6)36(48)46-18-10-14-30(46)34-40-21-28(42-34)13-9-8-12-26-16-17-27(20-25(26)5)29-22-41-35(43-29)31-15-11-19-47(31)37(49)33(24(3)4)45-39(51)53-7/h16-17,20-24,30-33H,10-11,14-15,18-19H2,1-7H3,(H,40,42)(H,41,43)(H,44,50)(H,45,51)/t30?,31?,32-,33?/m0/s1. The summed E-state index contributed by atoms with van der Waals surface area (Å²) in [5.74, 6) is 12.8. The number of imidazole rings is 2. The minimum atomic E-state index is -0.705. The van der Waals surface area contributed by atoms with Gasteiger partial charge < -0.3 is 39.9 Å². The highest BCUT2D eigenvalue weighted by Crippen LogP contribution is 2.34. The van der Waals surface area contributed by atoms with Crippen LogP contribution in [0, 0.1) is 42.4 Å². The first-order valence-electron chi connectivity index (χ1n) is 17.9. The highest BCUT2D eigenvalue weighted by Gasteiger charge is 2.39. The van der Waals surface area contributed by atoms with Gasteiger partial charge in [-0.15, -0.1) is 0 Å². The SMILES string of the molecule is COC(=O)NC(C(=O)N1CCCC1c1ncc(-c2ccc(C#CC#Cc3cnc(C4CCCN4C(=O)[C@@H](NC(=O)OC)C(C)C)[nH]3)c(C)c2)[nH]1)C(C)C. The number of aromatic nitrogens is 4. The number of hydrogen-bond acceptors (Lipinski definition) is 8. The summed E-state index contributed by atoms with van der Waals surface area (Å²) in [5, 5.41) is 5.34. The Morgan fingerprint density at radius 3 is 1.85 bits per heavy atom. The molecule has 4 N–H and O–H groups in total. The second-order valence-electron chi connectivity index (χ2n) is 14.0. The molecule has 14 nitrogen and oxygen atoms in total. The zero-order valence-electron chi connectivity index (χ0n) is 31.3. The minimum Gasteiger partial charge on any atom is -0.453 e. The molecule has 2 aliphatic rings. The molecular weight excluding hydrogens is 676 g/mol. The van der Waals surface area contributed by atoms with Gasteiger partial charge >= 0.3 is 12.2 Å². The van der Waals surface area contributed by atoms with Crippen LogP contribution in [-0.2, 0) is 19.1 Å². The Hall–Kier alpha value is -5.76. The Morgan fingerprint density at radius 1 is 0.792 bits per heavy atom. The molecule has 3 unspecified atom stereocenters. The number of likely N-dealkylation sites (tertiary alicyclic amines) is 2. The lowest BCUT2D eigenvalue weighted by atomic mass is 10.0. The third-order valence-corrected chi connectivity index (χ3v) is 9.67. The number of benzene rings is 1. The first kappa shape index (κ1) is 38.5. The molecule has 5 rings (SSSR count). The van der Waals surface area contributed by atoms with Crippen LogP contribution in [0.15, 0.2) is 30.6 Å². The average Bonchev–Trinajstić information content (AvgIpc) is 3.97. The molecule has 1 aromatic carbocycles. The molecule has 280 valence electrons. The third kappa shape index (κ3) is 9.01. The zero-order chi connectivity index (χ0) is 38.2. The van der Waals surface area contributed by atoms with E-state index < -0.39 is 24.3 Å². The molecule has 4 atom stereocenters. The van der Waals surface area contributed by atoms with Gasteiger partial charge in [0.15, 0.2) is 0 Å². The molecule has 0 bridgehead atoms. The summed E-state index contributed by atoms with van der Waals surface area (Å²) in [4.78, 5) is 70.0. The molecule has 2 fully saturated rings. The number of methoxy groups -OCH3 is 2. The topological polar surface area (TPSA) is 175 Å². The Bertz CT molecular complexity index is 1940. The van der Waals surface area contributed by atoms with Gasteiger partial charge in [0.05, 0.1) is 44.4 Å². The lowest BCUT2D eigenvalue weighted by Crippen LogP contribution is -2.51. The molecule has 0 aliphatic carbocycles. The second kappa shape index (κ2) is 17.2. The summed E-state index contributed by atoms with van der Waals surface area (Å²) in [6, 6.07) is 4.07. The van der Waals surface area contributed by atoms with Gasteiger partial charge in [0.1, 0.15) is 29.4 Å². The van der Waals surface area contributed by atoms with Crippen LogP contribution >= 0.6 is 0 Å². The fraction of sp³-hybridized carbons (Fsp3) is 0.487. The van der Waals surface area contributed by atoms with E-state index in [1.807, 2.05) is 52.8 Å². The van der Waals surface area contributed by atoms with Gasteiger partial charge in [-0.3, -0.25) is 9.59 Å². The molecule has 0 spiro atoms. The van der Waals surface area contributed by atoms with E-state index >= 15 is 0 Å². The number of nitrogens with zero attached hydrogens (tertiary/aromatic N) is 4. The number of H-pyrrole nitrogens is 2. The zero-order valence-corrected chi connectivity index (χ0v) is 31.3. The van der Waals surface area contributed by atoms with Crippen molar-refractivity contribution < 1.29 is 28.7 Å². The van der Waals surface area contributed by atoms with E-state index in [9.17, 15) is 19.2 Å². The largest absolute Gasteiger partial charge is 0.453 e. The van der Waals surface area contributed by atoms with E-state index in [0.29, 0.717) is 30.4 Å². The van der Waals surface area contributed by atoms with Gasteiger partial charge in [0.25, 0.3) is 0 Å². The molecule has 3 aromatic rings. The van der Waals surface area contributed by atoms with E-state index in [1.165, 1.54) is 14.2 Å². The van der Waals surface area contributed by atoms with Crippen LogP contribution in [-0.4, -0.2) is 93.1 Å². The van der Waals surface area contributed by atoms with Gasteiger partial charge in [-0.2, -0.15) is 0 Å². The summed E-state index contributed by atoms with van der Waals surface area (Å²) in [6.45, 7) is 10.7. The van der Waals surface area contributed by atoms with Gasteiger partial charge in [0.2, 0.25) is 11.8 Å². The van der Waals surface area contributed by atoms with Gasteiger partial charge in [0, 0.05) is 18.7 Å². The van der Waals surface area contributed by atoms with Crippen LogP contribution in [0.4, 0.5) is 9.59 Å². The highest BCUT2D eigenvalue weighted by molar-refractivity contribution is 5.87. The molecule has 0 radical (unpaired) electrons. The number of ether oxygens (including phenoxy) is 2. The fourth-order valence-electron chi connectivity index (χ4n) is 6.78. The first-order chi connectivity index (χ1) is 25.4. The van der Waals surface area contributed by atoms with Gasteiger partial charge in [-0.05, 0) is 85.5 Å². The maximum Gasteiger partial charge on any atom is 0.407 e. The number of amides is 4. The highest BCUT2D eigenvalue weighted by atomic mass is 16.5. The van der Waals surface area contributed by atoms with Gasteiger partial charge in [-0.1, -0.05) is 39.7 Å². The number of aryl methyl sites for hydroxylation is 1. The van der Waals surface area contributed by atoms with Crippen LogP contribution in [0.2, 0.25) is 0 Å². The van der Waals surface area contributed by atoms with Crippen LogP contribution in [0.3, 0.4) is 0 Å². The molecule has 2 saturated heterocycles. The van der Waals surface area contributed by atoms with E-state index in [1.54, 1.807) is 22.2 Å². The average molecular weight is 725 g/mol. The van der Waals surface area contributed by atoms with Crippen molar-refractivity contribution in [3.63, 3.8) is 0 Å². The quantitative estimate of drug-likeness (QED) is 0.232. The Morgan fingerprint density at radius 2 is 1.32 bits per heavy atom. The Balaban J connectivity index is 1.23. The molecule has 4 amide bonds. The summed E-state index contributed by atoms with van der Waals surface area (Å²) in [7, 11) is 2.56. The predicted octanol–water partition coefficient (Wildman–Crippen LogP) is 4.60. The van der Waals surface area contributed by atoms with Crippen molar-refractivity contribution in [3.05, 3.63) is 59.1 Å². The van der Waals surface area contributed by atoms with Crippen molar-refractivity contribution >= 4 is 24.0 Å². The van der Waals surface area contributed by atoms with E-state index in [4.69, 9.17) is 9.47 Å². The number of alkyl carbamates (subject to hydrolysis) is 2. The van der Waals surface area contributed by atoms with Crippen molar-refractivity contribution in [3.8, 4) is 34.9 Å². The number of carbonyl (C=O) groups is 4. The molecule has 53 heavy (non-hydrogen) atoms. The lowest BCUT2D eigenvalue weighted by Gasteiger charge is -2.30. The fourth-order valence-corrected chi connectivity index (χ4v) is 6.78. The van der Waals surface area contributed by atoms with Crippen LogP contribution in [0.5, 0.6) is 0 Å². The van der Waals surface area contributed by atoms with Crippen molar-refractivity contribution in [2.75, 3.05) is 27.3 Å². The van der Waals surface area contributed by atoms with Crippen molar-refractivity contribution in [1.29, 1.82) is 0 Å². The maximum atomic E-state index is 13.5. The van der Waals surface area contributed by atoms with E-state index in [-0.39, 0.29) is 35.7 Å². The molecule has 4 heterocycles. The first-order valence-corrected chi connectivity index (χ1v) is 17.9. The molecule has 2 aliphatic heterocycles. The van der Waals surface area contributed by atoms with Crippen molar-refractivity contribution in [2.45, 2.75) is 84.5 Å². The summed E-state index contributed by atoms with van der Waals surface area (Å²) in [6.07, 6.45) is 5.31. The van der Waals surface area contributed by atoms with E-state index in [2.05, 4.69) is 54.3 Å². The number of hydrogen-bond donors (Lipinski definition) is 4. The van der Waals surface area contributed by atoms with Crippen LogP contribution in [0.1, 0.15) is 93.9 Å². The van der Waals surface area contributed by atoms with Crippen molar-refractivity contribution in [2.24, 2.45) is 11.8 Å². The normalized spacial score (nSPS) is 17.8. The molecule has 2 aromatic heterocycles. The number of rotatable bonds is 9. The molecule has 0 saturated carbocycles. The third-order valence-electron chi connectivity index (χ3n) is 9.67. The molecule has 14 heteroatoms. The Labute approximate surface area is 310 Å². The maximum absolute atomic E-state index is 13.5. The number of carbonyl (C=O) groups excluding carboxylic acids is 4. The second-order valence-corrected chi connectivity index (χ2v) is 14.0. The van der Waals surface area contributed by atoms with Crippen LogP contribution in [0.25, 0.3) is 11.3 Å². The minimum absolute atomic E-state index is 0.113. The Kier molecular flexibility index (Phi) is 12.5. The number of nitrogens with one attached hydrogen (secondary N) is 4. The van der Waals surface area contributed by atoms with Crippen molar-refractivity contribution in [1.82, 2.24) is 40.4 Å². The van der Waals surface area contributed by atoms with Gasteiger partial charge in [-0.25, -0.2) is 19.6 Å². The predicted molar refractivity (Wildman–Crippen MR) is 197 cm³/mol. The smallest absolute Gasteiger partial charge is 0.407 e. The summed E-state index contributed by atoms with van der Waals surface area (Å²) >= 11 is 0. The van der Waals surface area contributed by atoms with Crippen LogP contribution < -0.4 is 10.6 Å². The number of aromatic amines is 2.